The van der Waals surface area contributed by atoms with Gasteiger partial charge in [-0.15, -0.1) is 0 Å². The number of amides is 1. The van der Waals surface area contributed by atoms with E-state index in [-0.39, 0.29) is 5.91 Å². The molecular weight excluding hydrogens is 298 g/mol. The molecule has 1 aromatic rings. The van der Waals surface area contributed by atoms with Crippen LogP contribution in [0.25, 0.3) is 0 Å². The van der Waals surface area contributed by atoms with Crippen molar-refractivity contribution >= 4 is 5.91 Å². The molecule has 3 unspecified atom stereocenters. The number of hydrogen-bond acceptors (Lipinski definition) is 3. The highest BCUT2D eigenvalue weighted by Crippen LogP contribution is 2.26. The molecule has 0 saturated carbocycles. The van der Waals surface area contributed by atoms with E-state index in [1.807, 2.05) is 4.90 Å². The first-order valence-corrected chi connectivity index (χ1v) is 9.31. The summed E-state index contributed by atoms with van der Waals surface area (Å²) in [5, 5.41) is 0. The summed E-state index contributed by atoms with van der Waals surface area (Å²) in [6.45, 7) is 13.7. The third-order valence-electron chi connectivity index (χ3n) is 5.78. The van der Waals surface area contributed by atoms with E-state index >= 15 is 0 Å². The highest BCUT2D eigenvalue weighted by molar-refractivity contribution is 5.73. The van der Waals surface area contributed by atoms with Gasteiger partial charge in [-0.05, 0) is 17.4 Å². The van der Waals surface area contributed by atoms with Crippen LogP contribution in [0.5, 0.6) is 0 Å². The van der Waals surface area contributed by atoms with Gasteiger partial charge < -0.3 is 9.80 Å². The third-order valence-corrected chi connectivity index (χ3v) is 5.78. The van der Waals surface area contributed by atoms with Crippen molar-refractivity contribution < 1.29 is 4.79 Å². The molecule has 2 heterocycles. The number of nitrogens with zero attached hydrogens (tertiary/aromatic N) is 3. The Balaban J connectivity index is 1.52. The summed E-state index contributed by atoms with van der Waals surface area (Å²) in [6, 6.07) is 11.5. The van der Waals surface area contributed by atoms with Crippen LogP contribution < -0.4 is 0 Å². The summed E-state index contributed by atoms with van der Waals surface area (Å²) in [6.07, 6.45) is 0. The maximum atomic E-state index is 11.5. The molecule has 1 amide bonds. The second-order valence-corrected chi connectivity index (χ2v) is 7.62. The van der Waals surface area contributed by atoms with Gasteiger partial charge in [0.25, 0.3) is 0 Å². The number of hydrogen-bond donors (Lipinski definition) is 0. The zero-order valence-electron chi connectivity index (χ0n) is 15.3. The molecule has 2 aliphatic heterocycles. The first kappa shape index (κ1) is 17.4. The van der Waals surface area contributed by atoms with Crippen LogP contribution >= 0.6 is 0 Å². The molecule has 0 N–H and O–H groups in total. The Morgan fingerprint density at radius 2 is 1.79 bits per heavy atom. The Morgan fingerprint density at radius 3 is 2.42 bits per heavy atom. The van der Waals surface area contributed by atoms with Crippen molar-refractivity contribution in [3.05, 3.63) is 35.9 Å². The number of likely N-dealkylation sites (tertiary alicyclic amines) is 1. The van der Waals surface area contributed by atoms with Crippen LogP contribution in [0.3, 0.4) is 0 Å². The van der Waals surface area contributed by atoms with Crippen molar-refractivity contribution in [3.63, 3.8) is 0 Å². The summed E-state index contributed by atoms with van der Waals surface area (Å²) in [5.41, 5.74) is 1.43. The second-order valence-electron chi connectivity index (χ2n) is 7.62. The van der Waals surface area contributed by atoms with Crippen LogP contribution in [0.1, 0.15) is 32.3 Å². The highest BCUT2D eigenvalue weighted by atomic mass is 16.2. The van der Waals surface area contributed by atoms with E-state index in [1.54, 1.807) is 6.92 Å². The molecule has 132 valence electrons. The lowest BCUT2D eigenvalue weighted by Crippen LogP contribution is -2.53. The molecule has 0 spiro atoms. The Bertz CT molecular complexity index is 539. The predicted molar refractivity (Wildman–Crippen MR) is 98.1 cm³/mol. The lowest BCUT2D eigenvalue weighted by atomic mass is 10.0. The maximum absolute atomic E-state index is 11.5. The van der Waals surface area contributed by atoms with Gasteiger partial charge in [0, 0.05) is 58.8 Å². The molecule has 2 aliphatic rings. The lowest BCUT2D eigenvalue weighted by molar-refractivity contribution is -0.130. The van der Waals surface area contributed by atoms with Gasteiger partial charge in [0.2, 0.25) is 5.91 Å². The minimum absolute atomic E-state index is 0.215. The number of piperazine rings is 1. The fourth-order valence-electron chi connectivity index (χ4n) is 4.32. The van der Waals surface area contributed by atoms with Crippen molar-refractivity contribution in [1.82, 2.24) is 14.7 Å². The molecule has 0 aromatic heterocycles. The van der Waals surface area contributed by atoms with Crippen LogP contribution in [-0.4, -0.2) is 72.5 Å². The predicted octanol–water partition coefficient (Wildman–Crippen LogP) is 2.27. The van der Waals surface area contributed by atoms with E-state index in [1.165, 1.54) is 18.7 Å². The number of benzene rings is 1. The van der Waals surface area contributed by atoms with Crippen LogP contribution in [-0.2, 0) is 4.79 Å². The van der Waals surface area contributed by atoms with Crippen LogP contribution in [0, 0.1) is 5.92 Å². The lowest BCUT2D eigenvalue weighted by Gasteiger charge is -2.39. The molecule has 1 aromatic carbocycles. The summed E-state index contributed by atoms with van der Waals surface area (Å²) >= 11 is 0. The average molecular weight is 329 g/mol. The molecule has 2 saturated heterocycles. The maximum Gasteiger partial charge on any atom is 0.219 e. The van der Waals surface area contributed by atoms with E-state index in [2.05, 4.69) is 54.0 Å². The van der Waals surface area contributed by atoms with E-state index in [4.69, 9.17) is 0 Å². The summed E-state index contributed by atoms with van der Waals surface area (Å²) in [5.74, 6) is 1.50. The summed E-state index contributed by atoms with van der Waals surface area (Å²) in [4.78, 5) is 18.7. The largest absolute Gasteiger partial charge is 0.340 e. The third kappa shape index (κ3) is 3.98. The van der Waals surface area contributed by atoms with Gasteiger partial charge in [0.05, 0.1) is 0 Å². The zero-order chi connectivity index (χ0) is 17.1. The molecule has 4 heteroatoms. The molecule has 0 radical (unpaired) electrons. The first-order chi connectivity index (χ1) is 11.5. The molecular formula is C20H31N3O. The van der Waals surface area contributed by atoms with Crippen molar-refractivity contribution in [2.45, 2.75) is 32.7 Å². The van der Waals surface area contributed by atoms with Gasteiger partial charge in [-0.1, -0.05) is 44.2 Å². The van der Waals surface area contributed by atoms with Gasteiger partial charge in [0.15, 0.2) is 0 Å². The van der Waals surface area contributed by atoms with Gasteiger partial charge >= 0.3 is 0 Å². The topological polar surface area (TPSA) is 26.8 Å². The van der Waals surface area contributed by atoms with E-state index < -0.39 is 0 Å². The van der Waals surface area contributed by atoms with Gasteiger partial charge in [-0.2, -0.15) is 0 Å². The Morgan fingerprint density at radius 1 is 1.12 bits per heavy atom. The molecule has 3 rings (SSSR count). The number of carbonyl (C=O) groups excluding carboxylic acids is 1. The second kappa shape index (κ2) is 7.66. The Labute approximate surface area is 146 Å². The fourth-order valence-corrected chi connectivity index (χ4v) is 4.32. The minimum Gasteiger partial charge on any atom is -0.340 e. The number of carbonyl (C=O) groups is 1. The van der Waals surface area contributed by atoms with E-state index in [9.17, 15) is 4.79 Å². The molecule has 2 fully saturated rings. The SMILES string of the molecule is CC(=O)N1CCN(C2CN(CC(C)c3ccccc3)CC2C)CC1. The van der Waals surface area contributed by atoms with Crippen molar-refractivity contribution in [2.24, 2.45) is 5.92 Å². The average Bonchev–Trinajstić information content (AvgIpc) is 2.96. The van der Waals surface area contributed by atoms with Gasteiger partial charge in [-0.3, -0.25) is 9.69 Å². The van der Waals surface area contributed by atoms with E-state index in [0.29, 0.717) is 17.9 Å². The van der Waals surface area contributed by atoms with Crippen molar-refractivity contribution in [2.75, 3.05) is 45.8 Å². The van der Waals surface area contributed by atoms with E-state index in [0.717, 1.165) is 32.7 Å². The first-order valence-electron chi connectivity index (χ1n) is 9.31. The minimum atomic E-state index is 0.215. The molecule has 0 bridgehead atoms. The van der Waals surface area contributed by atoms with Crippen LogP contribution in [0.2, 0.25) is 0 Å². The standard InChI is InChI=1S/C20H31N3O/c1-16(19-7-5-4-6-8-19)13-21-14-17(2)20(15-21)23-11-9-22(10-12-23)18(3)24/h4-8,16-17,20H,9-15H2,1-3H3. The van der Waals surface area contributed by atoms with Gasteiger partial charge in [-0.25, -0.2) is 0 Å². The highest BCUT2D eigenvalue weighted by Gasteiger charge is 2.35. The van der Waals surface area contributed by atoms with Gasteiger partial charge in [0.1, 0.15) is 0 Å². The smallest absolute Gasteiger partial charge is 0.219 e. The van der Waals surface area contributed by atoms with Crippen molar-refractivity contribution in [3.8, 4) is 0 Å². The monoisotopic (exact) mass is 329 g/mol. The quantitative estimate of drug-likeness (QED) is 0.848. The summed E-state index contributed by atoms with van der Waals surface area (Å²) in [7, 11) is 0. The molecule has 4 nitrogen and oxygen atoms in total. The number of rotatable bonds is 4. The molecule has 0 aliphatic carbocycles. The van der Waals surface area contributed by atoms with Crippen LogP contribution in [0.4, 0.5) is 0 Å². The fraction of sp³-hybridized carbons (Fsp3) is 0.650. The zero-order valence-corrected chi connectivity index (χ0v) is 15.3. The normalized spacial score (nSPS) is 27.4. The molecule has 3 atom stereocenters. The van der Waals surface area contributed by atoms with Crippen LogP contribution in [0.15, 0.2) is 30.3 Å². The van der Waals surface area contributed by atoms with Crippen molar-refractivity contribution in [1.29, 1.82) is 0 Å². The molecule has 24 heavy (non-hydrogen) atoms. The Kier molecular flexibility index (Phi) is 5.57. The Hall–Kier alpha value is -1.39. The summed E-state index contributed by atoms with van der Waals surface area (Å²) < 4.78 is 0.